The van der Waals surface area contributed by atoms with Gasteiger partial charge in [0, 0.05) is 35.3 Å². The van der Waals surface area contributed by atoms with Crippen LogP contribution in [0.2, 0.25) is 0 Å². The number of aromatic nitrogens is 3. The largest absolute Gasteiger partial charge is 0.490 e. The number of rotatable bonds is 6. The molecule has 4 heterocycles. The molecule has 9 nitrogen and oxygen atoms in total. The van der Waals surface area contributed by atoms with Crippen LogP contribution in [0.1, 0.15) is 30.5 Å². The van der Waals surface area contributed by atoms with Gasteiger partial charge < -0.3 is 25.4 Å². The summed E-state index contributed by atoms with van der Waals surface area (Å²) in [4.78, 5) is 14.1. The maximum Gasteiger partial charge on any atom is 0.420 e. The first-order chi connectivity index (χ1) is 21.4. The van der Waals surface area contributed by atoms with Crippen molar-refractivity contribution in [3.8, 4) is 29.0 Å². The number of hydrogen-bond donors (Lipinski definition) is 2. The van der Waals surface area contributed by atoms with Crippen molar-refractivity contribution in [3.63, 3.8) is 0 Å². The van der Waals surface area contributed by atoms with E-state index in [4.69, 9.17) is 15.2 Å². The van der Waals surface area contributed by atoms with Crippen LogP contribution in [0.15, 0.2) is 30.5 Å². The molecule has 0 saturated heterocycles. The number of methoxy groups -OCH3 is 1. The van der Waals surface area contributed by atoms with Crippen LogP contribution < -0.4 is 25.4 Å². The first-order valence-corrected chi connectivity index (χ1v) is 14.4. The van der Waals surface area contributed by atoms with Crippen molar-refractivity contribution < 1.29 is 31.4 Å². The minimum absolute atomic E-state index is 0.0423. The fourth-order valence-electron chi connectivity index (χ4n) is 5.41. The molecule has 6 rings (SSSR count). The number of nitrogens with one attached hydrogen (secondary N) is 1. The molecule has 0 radical (unpaired) electrons. The zero-order chi connectivity index (χ0) is 32.2. The summed E-state index contributed by atoms with van der Waals surface area (Å²) >= 11 is 0.859. The SMILES string of the molecule is COc1nc2c3c(c(C(F)(F)F)c(-c4ccc(F)c5sc(NC(C)C)c(C#N)c45)c(F)c3n1)OCCN2Cc1cccnc1N. The molecule has 0 saturated carbocycles. The van der Waals surface area contributed by atoms with Crippen molar-refractivity contribution in [1.82, 2.24) is 15.0 Å². The number of anilines is 3. The van der Waals surface area contributed by atoms with Crippen LogP contribution in [0, 0.1) is 23.0 Å². The summed E-state index contributed by atoms with van der Waals surface area (Å²) in [6.07, 6.45) is -3.67. The number of alkyl halides is 3. The van der Waals surface area contributed by atoms with Crippen molar-refractivity contribution in [3.05, 3.63) is 58.8 Å². The van der Waals surface area contributed by atoms with Gasteiger partial charge in [-0.15, -0.1) is 11.3 Å². The number of halogens is 5. The Morgan fingerprint density at radius 3 is 2.64 bits per heavy atom. The van der Waals surface area contributed by atoms with Crippen molar-refractivity contribution >= 4 is 49.0 Å². The Labute approximate surface area is 257 Å². The molecule has 0 aliphatic carbocycles. The van der Waals surface area contributed by atoms with E-state index in [0.717, 1.165) is 23.5 Å². The Balaban J connectivity index is 1.73. The molecule has 0 fully saturated rings. The standard InChI is InChI=1S/C30H24F5N7O2S/c1-13(2)39-28-16(11-36)18-15(6-7-17(31)25(18)45-28)19-21(30(33,34)35)24-20-23(22(19)32)40-29(43-3)41-27(20)42(9-10-44-24)12-14-5-4-8-38-26(14)37/h4-8,13,39H,9-10,12H2,1-3H3,(H2,37,38). The van der Waals surface area contributed by atoms with Gasteiger partial charge in [0.15, 0.2) is 5.82 Å². The molecule has 15 heteroatoms. The highest BCUT2D eigenvalue weighted by Crippen LogP contribution is 2.53. The normalized spacial score (nSPS) is 13.2. The van der Waals surface area contributed by atoms with E-state index in [9.17, 15) is 5.26 Å². The topological polar surface area (TPSA) is 122 Å². The van der Waals surface area contributed by atoms with Gasteiger partial charge in [-0.2, -0.15) is 28.4 Å². The number of pyridine rings is 1. The van der Waals surface area contributed by atoms with Gasteiger partial charge in [-0.05, 0) is 31.5 Å². The maximum absolute atomic E-state index is 16.9. The Bertz CT molecular complexity index is 2020. The Morgan fingerprint density at radius 2 is 1.98 bits per heavy atom. The van der Waals surface area contributed by atoms with Crippen LogP contribution in [-0.2, 0) is 12.7 Å². The fourth-order valence-corrected chi connectivity index (χ4v) is 6.64. The minimum atomic E-state index is -5.16. The molecule has 5 aromatic rings. The lowest BCUT2D eigenvalue weighted by Gasteiger charge is -2.24. The van der Waals surface area contributed by atoms with E-state index in [0.29, 0.717) is 5.56 Å². The first-order valence-electron chi connectivity index (χ1n) is 13.6. The number of fused-ring (bicyclic) bond motifs is 1. The molecular weight excluding hydrogens is 617 g/mol. The molecule has 232 valence electrons. The van der Waals surface area contributed by atoms with E-state index >= 15 is 22.0 Å². The molecule has 3 N–H and O–H groups in total. The monoisotopic (exact) mass is 641 g/mol. The molecule has 0 atom stereocenters. The molecule has 0 bridgehead atoms. The summed E-state index contributed by atoms with van der Waals surface area (Å²) in [6.45, 7) is 3.43. The number of nitriles is 1. The quantitative estimate of drug-likeness (QED) is 0.191. The number of nitrogens with zero attached hydrogens (tertiary/aromatic N) is 5. The van der Waals surface area contributed by atoms with E-state index in [1.807, 2.05) is 6.07 Å². The number of thiophene rings is 1. The van der Waals surface area contributed by atoms with Crippen molar-refractivity contribution in [1.29, 1.82) is 5.26 Å². The lowest BCUT2D eigenvalue weighted by Crippen LogP contribution is -2.28. The smallest absolute Gasteiger partial charge is 0.420 e. The van der Waals surface area contributed by atoms with Crippen LogP contribution in [0.25, 0.3) is 32.1 Å². The lowest BCUT2D eigenvalue weighted by atomic mass is 9.91. The highest BCUT2D eigenvalue weighted by Gasteiger charge is 2.44. The molecule has 1 aliphatic rings. The first kappa shape index (κ1) is 30.1. The molecule has 0 amide bonds. The number of benzene rings is 2. The van der Waals surface area contributed by atoms with Crippen LogP contribution in [0.3, 0.4) is 0 Å². The Kier molecular flexibility index (Phi) is 7.48. The average molecular weight is 642 g/mol. The summed E-state index contributed by atoms with van der Waals surface area (Å²) in [5.74, 6) is -2.69. The summed E-state index contributed by atoms with van der Waals surface area (Å²) in [5.41, 5.74) is 3.26. The third-order valence-corrected chi connectivity index (χ3v) is 8.38. The second kappa shape index (κ2) is 11.2. The summed E-state index contributed by atoms with van der Waals surface area (Å²) in [6, 6.07) is 6.81. The zero-order valence-corrected chi connectivity index (χ0v) is 24.8. The highest BCUT2D eigenvalue weighted by molar-refractivity contribution is 7.23. The van der Waals surface area contributed by atoms with Gasteiger partial charge in [0.25, 0.3) is 0 Å². The van der Waals surface area contributed by atoms with Gasteiger partial charge in [-0.1, -0.05) is 12.1 Å². The maximum atomic E-state index is 16.9. The summed E-state index contributed by atoms with van der Waals surface area (Å²) < 4.78 is 88.4. The van der Waals surface area contributed by atoms with Gasteiger partial charge >= 0.3 is 12.2 Å². The van der Waals surface area contributed by atoms with Crippen molar-refractivity contribution in [2.75, 3.05) is 36.2 Å². The number of nitrogen functional groups attached to an aromatic ring is 1. The summed E-state index contributed by atoms with van der Waals surface area (Å²) in [7, 11) is 1.24. The Hall–Kier alpha value is -4.97. The van der Waals surface area contributed by atoms with Crippen LogP contribution in [-0.4, -0.2) is 41.3 Å². The molecule has 45 heavy (non-hydrogen) atoms. The highest BCUT2D eigenvalue weighted by atomic mass is 32.1. The van der Waals surface area contributed by atoms with E-state index in [1.165, 1.54) is 13.3 Å². The molecule has 2 aromatic carbocycles. The third kappa shape index (κ3) is 5.04. The van der Waals surface area contributed by atoms with Crippen LogP contribution in [0.4, 0.5) is 38.6 Å². The molecule has 0 unspecified atom stereocenters. The molecule has 1 aliphatic heterocycles. The van der Waals surface area contributed by atoms with Crippen molar-refractivity contribution in [2.24, 2.45) is 0 Å². The van der Waals surface area contributed by atoms with Gasteiger partial charge in [0.2, 0.25) is 0 Å². The predicted octanol–water partition coefficient (Wildman–Crippen LogP) is 6.89. The average Bonchev–Trinajstić information content (AvgIpc) is 3.26. The molecule has 3 aromatic heterocycles. The number of nitrogens with two attached hydrogens (primary N) is 1. The van der Waals surface area contributed by atoms with Crippen LogP contribution >= 0.6 is 11.3 Å². The van der Waals surface area contributed by atoms with E-state index in [2.05, 4.69) is 20.3 Å². The number of hydrogen-bond acceptors (Lipinski definition) is 10. The second-order valence-corrected chi connectivity index (χ2v) is 11.5. The zero-order valence-electron chi connectivity index (χ0n) is 24.0. The number of ether oxygens (including phenoxy) is 2. The van der Waals surface area contributed by atoms with Gasteiger partial charge in [-0.25, -0.2) is 13.8 Å². The predicted molar refractivity (Wildman–Crippen MR) is 160 cm³/mol. The van der Waals surface area contributed by atoms with Crippen molar-refractivity contribution in [2.45, 2.75) is 32.6 Å². The van der Waals surface area contributed by atoms with E-state index < -0.39 is 40.2 Å². The van der Waals surface area contributed by atoms with E-state index in [1.54, 1.807) is 30.9 Å². The van der Waals surface area contributed by atoms with Gasteiger partial charge in [0.05, 0.1) is 29.3 Å². The van der Waals surface area contributed by atoms with E-state index in [-0.39, 0.29) is 75.0 Å². The fraction of sp³-hybridized carbons (Fsp3) is 0.267. The lowest BCUT2D eigenvalue weighted by molar-refractivity contribution is -0.138. The minimum Gasteiger partial charge on any atom is -0.490 e. The third-order valence-electron chi connectivity index (χ3n) is 7.25. The Morgan fingerprint density at radius 1 is 1.20 bits per heavy atom. The van der Waals surface area contributed by atoms with Crippen LogP contribution in [0.5, 0.6) is 11.8 Å². The summed E-state index contributed by atoms with van der Waals surface area (Å²) in [5, 5.41) is 12.9. The molecular formula is C30H24F5N7O2S. The van der Waals surface area contributed by atoms with Gasteiger partial charge in [-0.3, -0.25) is 0 Å². The second-order valence-electron chi connectivity index (χ2n) is 10.5. The van der Waals surface area contributed by atoms with Gasteiger partial charge in [0.1, 0.15) is 52.0 Å². The molecule has 0 spiro atoms.